The molecule has 0 fully saturated rings. The molecule has 0 radical (unpaired) electrons. The van der Waals surface area contributed by atoms with Gasteiger partial charge < -0.3 is 0 Å². The van der Waals surface area contributed by atoms with Crippen molar-refractivity contribution in [1.29, 1.82) is 10.7 Å². The van der Waals surface area contributed by atoms with Crippen molar-refractivity contribution in [2.24, 2.45) is 9.98 Å². The number of hydrogen-bond acceptors (Lipinski definition) is 4. The minimum absolute atomic E-state index is 0.0219. The summed E-state index contributed by atoms with van der Waals surface area (Å²) < 4.78 is 0. The van der Waals surface area contributed by atoms with Gasteiger partial charge in [-0.25, -0.2) is 9.98 Å². The Kier molecular flexibility index (Phi) is 1.63. The third kappa shape index (κ3) is 0.960. The predicted molar refractivity (Wildman–Crippen MR) is 37.6 cm³/mol. The molecule has 0 aromatic carbocycles. The molecule has 0 aliphatic carbocycles. The number of halogens is 1. The fourth-order valence-corrected chi connectivity index (χ4v) is 0.650. The normalized spacial score (nSPS) is 15.4. The van der Waals surface area contributed by atoms with Crippen LogP contribution < -0.4 is 0 Å². The van der Waals surface area contributed by atoms with E-state index in [2.05, 4.69) is 9.98 Å². The second-order valence-electron chi connectivity index (χ2n) is 1.43. The van der Waals surface area contributed by atoms with Gasteiger partial charge in [0, 0.05) is 5.87 Å². The summed E-state index contributed by atoms with van der Waals surface area (Å²) in [6.45, 7) is 0. The highest BCUT2D eigenvalue weighted by molar-refractivity contribution is 6.67. The maximum absolute atomic E-state index is 8.33. The number of nitriles is 1. The SMILES string of the molecule is N#CC1=NC(Cl)=NC1=C=N. The number of hydrogen-bond donors (Lipinski definition) is 1. The van der Waals surface area contributed by atoms with E-state index in [0.29, 0.717) is 0 Å². The fourth-order valence-electron chi connectivity index (χ4n) is 0.481. The van der Waals surface area contributed by atoms with Crippen molar-refractivity contribution < 1.29 is 0 Å². The molecule has 4 nitrogen and oxygen atoms in total. The third-order valence-electron chi connectivity index (χ3n) is 0.857. The number of nitrogens with zero attached hydrogens (tertiary/aromatic N) is 3. The highest BCUT2D eigenvalue weighted by Gasteiger charge is 2.13. The Balaban J connectivity index is 3.16. The summed E-state index contributed by atoms with van der Waals surface area (Å²) in [6.07, 6.45) is 0. The summed E-state index contributed by atoms with van der Waals surface area (Å²) in [7, 11) is 0. The van der Waals surface area contributed by atoms with E-state index in [1.165, 1.54) is 0 Å². The van der Waals surface area contributed by atoms with Gasteiger partial charge in [-0.3, -0.25) is 5.41 Å². The Labute approximate surface area is 61.7 Å². The zero-order valence-corrected chi connectivity index (χ0v) is 5.48. The Morgan fingerprint density at radius 1 is 1.50 bits per heavy atom. The van der Waals surface area contributed by atoms with Crippen molar-refractivity contribution in [3.8, 4) is 6.07 Å². The summed E-state index contributed by atoms with van der Waals surface area (Å²) in [5, 5.41) is 14.9. The van der Waals surface area contributed by atoms with E-state index in [0.717, 1.165) is 0 Å². The molecule has 0 saturated carbocycles. The molecular weight excluding hydrogens is 152 g/mol. The average molecular weight is 153 g/mol. The Morgan fingerprint density at radius 3 is 2.60 bits per heavy atom. The lowest BCUT2D eigenvalue weighted by Crippen LogP contribution is -1.91. The van der Waals surface area contributed by atoms with E-state index in [9.17, 15) is 0 Å². The molecule has 1 aliphatic heterocycles. The summed E-state index contributed by atoms with van der Waals surface area (Å²) in [5.74, 6) is 1.94. The van der Waals surface area contributed by atoms with Gasteiger partial charge in [0.05, 0.1) is 0 Å². The summed E-state index contributed by atoms with van der Waals surface area (Å²) in [4.78, 5) is 7.04. The van der Waals surface area contributed by atoms with Gasteiger partial charge in [0.15, 0.2) is 11.4 Å². The number of amidine groups is 1. The van der Waals surface area contributed by atoms with Crippen molar-refractivity contribution in [2.75, 3.05) is 0 Å². The standard InChI is InChI=1S/C5HClN4/c6-5-9-3(1-7)4(2-8)10-5/h7H. The first kappa shape index (κ1) is 6.69. The molecule has 1 heterocycles. The smallest absolute Gasteiger partial charge is 0.225 e. The fraction of sp³-hybridized carbons (Fsp3) is 0. The van der Waals surface area contributed by atoms with E-state index in [1.807, 2.05) is 5.87 Å². The van der Waals surface area contributed by atoms with Crippen LogP contribution in [0.1, 0.15) is 0 Å². The van der Waals surface area contributed by atoms with Crippen LogP contribution in [0, 0.1) is 16.7 Å². The van der Waals surface area contributed by atoms with Crippen LogP contribution in [0.15, 0.2) is 15.7 Å². The van der Waals surface area contributed by atoms with Crippen molar-refractivity contribution in [3.63, 3.8) is 0 Å². The molecule has 1 aliphatic rings. The second-order valence-corrected chi connectivity index (χ2v) is 1.76. The van der Waals surface area contributed by atoms with Crippen LogP contribution in [0.2, 0.25) is 0 Å². The average Bonchev–Trinajstić information content (AvgIpc) is 2.30. The van der Waals surface area contributed by atoms with Gasteiger partial charge >= 0.3 is 0 Å². The van der Waals surface area contributed by atoms with Crippen LogP contribution in [0.4, 0.5) is 0 Å². The van der Waals surface area contributed by atoms with Crippen LogP contribution in [0.5, 0.6) is 0 Å². The second kappa shape index (κ2) is 2.44. The molecule has 5 heteroatoms. The number of rotatable bonds is 0. The Morgan fingerprint density at radius 2 is 2.20 bits per heavy atom. The van der Waals surface area contributed by atoms with Gasteiger partial charge in [-0.1, -0.05) is 0 Å². The monoisotopic (exact) mass is 152 g/mol. The Bertz CT molecular complexity index is 313. The minimum Gasteiger partial charge on any atom is -0.257 e. The largest absolute Gasteiger partial charge is 0.257 e. The molecule has 0 bridgehead atoms. The van der Waals surface area contributed by atoms with Gasteiger partial charge in [-0.2, -0.15) is 5.26 Å². The van der Waals surface area contributed by atoms with E-state index >= 15 is 0 Å². The van der Waals surface area contributed by atoms with Gasteiger partial charge in [0.1, 0.15) is 6.07 Å². The van der Waals surface area contributed by atoms with Crippen LogP contribution >= 0.6 is 11.6 Å². The quantitative estimate of drug-likeness (QED) is 0.403. The van der Waals surface area contributed by atoms with Crippen LogP contribution in [0.25, 0.3) is 0 Å². The number of allylic oxidation sites excluding steroid dienone is 1. The van der Waals surface area contributed by atoms with Gasteiger partial charge in [-0.15, -0.1) is 0 Å². The molecule has 1 N–H and O–H groups in total. The van der Waals surface area contributed by atoms with Crippen molar-refractivity contribution in [2.45, 2.75) is 0 Å². The molecule has 0 atom stereocenters. The molecule has 0 spiro atoms. The molecule has 48 valence electrons. The van der Waals surface area contributed by atoms with Crippen LogP contribution in [0.3, 0.4) is 0 Å². The molecule has 1 rings (SSSR count). The Hall–Kier alpha value is -1.43. The van der Waals surface area contributed by atoms with Crippen LogP contribution in [-0.2, 0) is 0 Å². The number of aliphatic imine (C=N–C) groups is 2. The topological polar surface area (TPSA) is 72.4 Å². The van der Waals surface area contributed by atoms with Crippen molar-refractivity contribution >= 4 is 28.5 Å². The first-order chi connectivity index (χ1) is 4.77. The van der Waals surface area contributed by atoms with E-state index in [1.54, 1.807) is 6.07 Å². The zero-order valence-electron chi connectivity index (χ0n) is 4.72. The summed E-state index contributed by atoms with van der Waals surface area (Å²) in [5.41, 5.74) is 0.132. The number of nitrogens with one attached hydrogen (secondary N) is 1. The lowest BCUT2D eigenvalue weighted by molar-refractivity contribution is 1.50. The molecule has 0 amide bonds. The maximum Gasteiger partial charge on any atom is 0.225 e. The minimum atomic E-state index is -0.0219. The molecule has 0 aromatic heterocycles. The molecule has 10 heavy (non-hydrogen) atoms. The first-order valence-electron chi connectivity index (χ1n) is 2.31. The molecule has 0 aromatic rings. The predicted octanol–water partition coefficient (Wildman–Crippen LogP) is 0.692. The highest BCUT2D eigenvalue weighted by atomic mass is 35.5. The van der Waals surface area contributed by atoms with Crippen LogP contribution in [-0.4, -0.2) is 16.9 Å². The lowest BCUT2D eigenvalue weighted by atomic mass is 10.3. The summed E-state index contributed by atoms with van der Waals surface area (Å²) in [6, 6.07) is 1.73. The molecular formula is C5HClN4. The van der Waals surface area contributed by atoms with Crippen molar-refractivity contribution in [1.82, 2.24) is 0 Å². The van der Waals surface area contributed by atoms with E-state index < -0.39 is 0 Å². The van der Waals surface area contributed by atoms with Gasteiger partial charge in [0.2, 0.25) is 5.29 Å². The lowest BCUT2D eigenvalue weighted by Gasteiger charge is -1.77. The van der Waals surface area contributed by atoms with Gasteiger partial charge in [0.25, 0.3) is 0 Å². The highest BCUT2D eigenvalue weighted by Crippen LogP contribution is 2.08. The van der Waals surface area contributed by atoms with Crippen molar-refractivity contribution in [3.05, 3.63) is 5.70 Å². The third-order valence-corrected chi connectivity index (χ3v) is 1.03. The summed E-state index contributed by atoms with van der Waals surface area (Å²) >= 11 is 5.33. The van der Waals surface area contributed by atoms with E-state index in [-0.39, 0.29) is 16.7 Å². The maximum atomic E-state index is 8.33. The zero-order chi connectivity index (χ0) is 7.56. The van der Waals surface area contributed by atoms with E-state index in [4.69, 9.17) is 22.3 Å². The first-order valence-corrected chi connectivity index (χ1v) is 2.68. The van der Waals surface area contributed by atoms with Gasteiger partial charge in [-0.05, 0) is 11.6 Å². The molecule has 0 saturated heterocycles. The molecule has 0 unspecified atom stereocenters.